The molecule has 5 nitrogen and oxygen atoms in total. The SMILES string of the molecule is CCc1ccccc1N1C(=O)/C(=C\c2ccc(COc3cccc(C(F)(F)F)c3)o2)NC1=S. The lowest BCUT2D eigenvalue weighted by Crippen LogP contribution is -2.31. The van der Waals surface area contributed by atoms with E-state index in [0.29, 0.717) is 11.5 Å². The third-order valence-electron chi connectivity index (χ3n) is 5.00. The molecule has 1 amide bonds. The van der Waals surface area contributed by atoms with Gasteiger partial charge in [-0.1, -0.05) is 31.2 Å². The Hall–Kier alpha value is -3.59. The van der Waals surface area contributed by atoms with E-state index in [2.05, 4.69) is 5.32 Å². The molecule has 1 aromatic heterocycles. The van der Waals surface area contributed by atoms with E-state index in [0.717, 1.165) is 29.8 Å². The van der Waals surface area contributed by atoms with E-state index in [9.17, 15) is 18.0 Å². The summed E-state index contributed by atoms with van der Waals surface area (Å²) in [5.74, 6) is 0.533. The molecule has 2 aromatic carbocycles. The summed E-state index contributed by atoms with van der Waals surface area (Å²) in [4.78, 5) is 14.4. The third kappa shape index (κ3) is 4.93. The Morgan fingerprint density at radius 1 is 1.12 bits per heavy atom. The van der Waals surface area contributed by atoms with Crippen LogP contribution in [0.25, 0.3) is 6.08 Å². The number of ether oxygens (including phenoxy) is 1. The average molecular weight is 472 g/mol. The molecule has 1 aliphatic rings. The molecule has 1 aliphatic heterocycles. The molecule has 33 heavy (non-hydrogen) atoms. The van der Waals surface area contributed by atoms with Crippen molar-refractivity contribution < 1.29 is 27.1 Å². The molecule has 1 fully saturated rings. The molecule has 0 bridgehead atoms. The molecule has 1 saturated heterocycles. The van der Waals surface area contributed by atoms with Crippen molar-refractivity contribution in [2.45, 2.75) is 26.1 Å². The second-order valence-electron chi connectivity index (χ2n) is 7.23. The van der Waals surface area contributed by atoms with E-state index in [1.807, 2.05) is 31.2 Å². The van der Waals surface area contributed by atoms with Gasteiger partial charge in [-0.05, 0) is 60.6 Å². The second kappa shape index (κ2) is 9.11. The maximum Gasteiger partial charge on any atom is 0.416 e. The normalized spacial score (nSPS) is 15.3. The Labute approximate surface area is 193 Å². The number of aryl methyl sites for hydroxylation is 1. The van der Waals surface area contributed by atoms with Gasteiger partial charge >= 0.3 is 6.18 Å². The van der Waals surface area contributed by atoms with Crippen molar-refractivity contribution >= 4 is 35.0 Å². The van der Waals surface area contributed by atoms with Crippen molar-refractivity contribution in [1.29, 1.82) is 0 Å². The van der Waals surface area contributed by atoms with Gasteiger partial charge in [-0.25, -0.2) is 0 Å². The van der Waals surface area contributed by atoms with Crippen molar-refractivity contribution in [2.24, 2.45) is 0 Å². The highest BCUT2D eigenvalue weighted by molar-refractivity contribution is 7.80. The number of rotatable bonds is 6. The number of benzene rings is 2. The fourth-order valence-electron chi connectivity index (χ4n) is 3.39. The van der Waals surface area contributed by atoms with Gasteiger partial charge in [-0.15, -0.1) is 0 Å². The van der Waals surface area contributed by atoms with Crippen LogP contribution in [0, 0.1) is 0 Å². The quantitative estimate of drug-likeness (QED) is 0.368. The van der Waals surface area contributed by atoms with Crippen molar-refractivity contribution in [3.05, 3.63) is 89.0 Å². The van der Waals surface area contributed by atoms with Gasteiger partial charge in [0, 0.05) is 6.08 Å². The third-order valence-corrected chi connectivity index (χ3v) is 5.29. The van der Waals surface area contributed by atoms with E-state index < -0.39 is 11.7 Å². The minimum Gasteiger partial charge on any atom is -0.486 e. The van der Waals surface area contributed by atoms with Crippen LogP contribution in [-0.2, 0) is 24.0 Å². The summed E-state index contributed by atoms with van der Waals surface area (Å²) in [5.41, 5.74) is 1.18. The van der Waals surface area contributed by atoms with Gasteiger partial charge in [0.25, 0.3) is 5.91 Å². The maximum atomic E-state index is 13.0. The Bertz CT molecular complexity index is 1230. The average Bonchev–Trinajstić information content (AvgIpc) is 3.35. The van der Waals surface area contributed by atoms with Crippen molar-refractivity contribution in [1.82, 2.24) is 5.32 Å². The Balaban J connectivity index is 1.47. The second-order valence-corrected chi connectivity index (χ2v) is 7.62. The highest BCUT2D eigenvalue weighted by Gasteiger charge is 2.33. The largest absolute Gasteiger partial charge is 0.486 e. The highest BCUT2D eigenvalue weighted by Crippen LogP contribution is 2.31. The summed E-state index contributed by atoms with van der Waals surface area (Å²) in [6.07, 6.45) is -2.18. The first-order valence-corrected chi connectivity index (χ1v) is 10.5. The van der Waals surface area contributed by atoms with Crippen molar-refractivity contribution in [3.8, 4) is 5.75 Å². The predicted octanol–water partition coefficient (Wildman–Crippen LogP) is 5.70. The van der Waals surface area contributed by atoms with Gasteiger partial charge in [0.1, 0.15) is 29.6 Å². The zero-order chi connectivity index (χ0) is 23.6. The Kier molecular flexibility index (Phi) is 6.24. The van der Waals surface area contributed by atoms with Crippen molar-refractivity contribution in [3.63, 3.8) is 0 Å². The Morgan fingerprint density at radius 2 is 1.91 bits per heavy atom. The molecule has 9 heteroatoms. The summed E-state index contributed by atoms with van der Waals surface area (Å²) in [6, 6.07) is 15.4. The first kappa shape index (κ1) is 22.6. The first-order chi connectivity index (χ1) is 15.8. The molecule has 0 atom stereocenters. The van der Waals surface area contributed by atoms with Crippen LogP contribution in [-0.4, -0.2) is 11.0 Å². The van der Waals surface area contributed by atoms with Crippen LogP contribution in [0.5, 0.6) is 5.75 Å². The molecule has 1 N–H and O–H groups in total. The maximum absolute atomic E-state index is 13.0. The van der Waals surface area contributed by atoms with Crippen LogP contribution in [0.3, 0.4) is 0 Å². The number of anilines is 1. The highest BCUT2D eigenvalue weighted by atomic mass is 32.1. The van der Waals surface area contributed by atoms with Crippen LogP contribution in [0.15, 0.2) is 70.8 Å². The van der Waals surface area contributed by atoms with E-state index in [-0.39, 0.29) is 29.1 Å². The number of alkyl halides is 3. The van der Waals surface area contributed by atoms with Gasteiger partial charge in [0.15, 0.2) is 5.11 Å². The molecule has 0 unspecified atom stereocenters. The van der Waals surface area contributed by atoms with E-state index in [1.165, 1.54) is 23.1 Å². The zero-order valence-electron chi connectivity index (χ0n) is 17.5. The number of hydrogen-bond donors (Lipinski definition) is 1. The topological polar surface area (TPSA) is 54.7 Å². The fraction of sp³-hybridized carbons (Fsp3) is 0.167. The van der Waals surface area contributed by atoms with Crippen LogP contribution < -0.4 is 15.0 Å². The summed E-state index contributed by atoms with van der Waals surface area (Å²) >= 11 is 5.36. The number of amides is 1. The van der Waals surface area contributed by atoms with E-state index >= 15 is 0 Å². The monoisotopic (exact) mass is 472 g/mol. The summed E-state index contributed by atoms with van der Waals surface area (Å²) in [5, 5.41) is 3.18. The number of nitrogens with zero attached hydrogens (tertiary/aromatic N) is 1. The molecule has 0 spiro atoms. The minimum absolute atomic E-state index is 0.0692. The summed E-state index contributed by atoms with van der Waals surface area (Å²) in [6.45, 7) is 1.93. The number of nitrogens with one attached hydrogen (secondary N) is 1. The number of thiocarbonyl (C=S) groups is 1. The number of halogens is 3. The number of carbonyl (C=O) groups excluding carboxylic acids is 1. The molecule has 2 heterocycles. The van der Waals surface area contributed by atoms with E-state index in [4.69, 9.17) is 21.4 Å². The Morgan fingerprint density at radius 3 is 2.67 bits per heavy atom. The van der Waals surface area contributed by atoms with Crippen LogP contribution in [0.1, 0.15) is 29.6 Å². The zero-order valence-corrected chi connectivity index (χ0v) is 18.3. The molecule has 0 radical (unpaired) electrons. The fourth-order valence-corrected chi connectivity index (χ4v) is 3.68. The van der Waals surface area contributed by atoms with Crippen LogP contribution >= 0.6 is 12.2 Å². The number of furan rings is 1. The van der Waals surface area contributed by atoms with Gasteiger partial charge in [-0.2, -0.15) is 13.2 Å². The molecule has 4 rings (SSSR count). The molecule has 0 aliphatic carbocycles. The lowest BCUT2D eigenvalue weighted by Gasteiger charge is -2.17. The number of para-hydroxylation sites is 1. The van der Waals surface area contributed by atoms with Crippen LogP contribution in [0.4, 0.5) is 18.9 Å². The lowest BCUT2D eigenvalue weighted by molar-refractivity contribution is -0.137. The van der Waals surface area contributed by atoms with Crippen molar-refractivity contribution in [2.75, 3.05) is 4.90 Å². The summed E-state index contributed by atoms with van der Waals surface area (Å²) in [7, 11) is 0. The van der Waals surface area contributed by atoms with E-state index in [1.54, 1.807) is 12.1 Å². The number of hydrogen-bond acceptors (Lipinski definition) is 4. The van der Waals surface area contributed by atoms with Crippen LogP contribution in [0.2, 0.25) is 0 Å². The smallest absolute Gasteiger partial charge is 0.416 e. The molecule has 3 aromatic rings. The minimum atomic E-state index is -4.45. The molecule has 0 saturated carbocycles. The lowest BCUT2D eigenvalue weighted by atomic mass is 10.1. The molecule has 170 valence electrons. The first-order valence-electron chi connectivity index (χ1n) is 10.1. The predicted molar refractivity (Wildman–Crippen MR) is 122 cm³/mol. The standard InChI is InChI=1S/C24H19F3N2O3S/c1-2-15-6-3-4-9-21(15)29-22(30)20(28-23(29)33)13-18-10-11-19(32-18)14-31-17-8-5-7-16(12-17)24(25,26)27/h3-13H,2,14H2,1H3,(H,28,33)/b20-13+. The molecular weight excluding hydrogens is 453 g/mol. The van der Waals surface area contributed by atoms with Gasteiger partial charge < -0.3 is 14.5 Å². The van der Waals surface area contributed by atoms with Gasteiger partial charge in [-0.3, -0.25) is 9.69 Å². The summed E-state index contributed by atoms with van der Waals surface area (Å²) < 4.78 is 49.6. The van der Waals surface area contributed by atoms with Gasteiger partial charge in [0.05, 0.1) is 11.3 Å². The number of carbonyl (C=O) groups is 1. The molecular formula is C24H19F3N2O3S. The van der Waals surface area contributed by atoms with Gasteiger partial charge in [0.2, 0.25) is 0 Å².